The molecule has 1 heterocycles. The third-order valence-electron chi connectivity index (χ3n) is 2.80. The summed E-state index contributed by atoms with van der Waals surface area (Å²) in [5, 5.41) is 2.78. The second-order valence-corrected chi connectivity index (χ2v) is 5.44. The number of benzene rings is 1. The fourth-order valence-corrected chi connectivity index (χ4v) is 2.08. The van der Waals surface area contributed by atoms with Crippen molar-refractivity contribution in [3.8, 4) is 0 Å². The second-order valence-electron chi connectivity index (χ2n) is 4.28. The van der Waals surface area contributed by atoms with Crippen LogP contribution in [0.2, 0.25) is 0 Å². The molecule has 0 fully saturated rings. The molecule has 1 amide bonds. The highest BCUT2D eigenvalue weighted by molar-refractivity contribution is 14.1. The van der Waals surface area contributed by atoms with Crippen molar-refractivity contribution in [1.29, 1.82) is 0 Å². The van der Waals surface area contributed by atoms with E-state index in [2.05, 4.69) is 27.9 Å². The molecule has 1 aromatic heterocycles. The van der Waals surface area contributed by atoms with Gasteiger partial charge < -0.3 is 9.88 Å². The van der Waals surface area contributed by atoms with Crippen molar-refractivity contribution in [3.05, 3.63) is 61.6 Å². The minimum atomic E-state index is -0.280. The van der Waals surface area contributed by atoms with Gasteiger partial charge in [0.15, 0.2) is 0 Å². The molecule has 2 rings (SSSR count). The zero-order valence-electron chi connectivity index (χ0n) is 10.6. The van der Waals surface area contributed by atoms with E-state index in [1.165, 1.54) is 10.6 Å². The number of carbonyl (C=O) groups excluding carboxylic acids is 1. The SMILES string of the molecule is Cc1ccc(NC(=O)c2ccn(C)c(=O)c2)cc1I. The van der Waals surface area contributed by atoms with Crippen molar-refractivity contribution >= 4 is 34.2 Å². The van der Waals surface area contributed by atoms with Crippen LogP contribution in [0.25, 0.3) is 0 Å². The Balaban J connectivity index is 2.23. The van der Waals surface area contributed by atoms with Crippen molar-refractivity contribution in [2.45, 2.75) is 6.92 Å². The van der Waals surface area contributed by atoms with Gasteiger partial charge >= 0.3 is 0 Å². The van der Waals surface area contributed by atoms with Crippen molar-refractivity contribution in [1.82, 2.24) is 4.57 Å². The Hall–Kier alpha value is -1.63. The Bertz CT molecular complexity index is 692. The van der Waals surface area contributed by atoms with Gasteiger partial charge in [-0.3, -0.25) is 9.59 Å². The number of anilines is 1. The molecular weight excluding hydrogens is 355 g/mol. The maximum absolute atomic E-state index is 12.0. The third-order valence-corrected chi connectivity index (χ3v) is 3.96. The number of carbonyl (C=O) groups is 1. The lowest BCUT2D eigenvalue weighted by atomic mass is 10.2. The molecular formula is C14H13IN2O2. The first-order chi connectivity index (χ1) is 8.97. The van der Waals surface area contributed by atoms with E-state index in [1.807, 2.05) is 25.1 Å². The van der Waals surface area contributed by atoms with Crippen LogP contribution in [-0.2, 0) is 7.05 Å². The van der Waals surface area contributed by atoms with Gasteiger partial charge in [-0.25, -0.2) is 0 Å². The van der Waals surface area contributed by atoms with Crippen LogP contribution in [0.15, 0.2) is 41.3 Å². The highest BCUT2D eigenvalue weighted by Gasteiger charge is 2.07. The summed E-state index contributed by atoms with van der Waals surface area (Å²) in [7, 11) is 1.65. The molecule has 1 N–H and O–H groups in total. The molecule has 0 aliphatic heterocycles. The van der Waals surface area contributed by atoms with E-state index in [0.717, 1.165) is 14.8 Å². The van der Waals surface area contributed by atoms with Crippen molar-refractivity contribution in [3.63, 3.8) is 0 Å². The molecule has 0 saturated carbocycles. The summed E-state index contributed by atoms with van der Waals surface area (Å²) >= 11 is 2.22. The largest absolute Gasteiger partial charge is 0.322 e. The maximum atomic E-state index is 12.0. The fraction of sp³-hybridized carbons (Fsp3) is 0.143. The molecule has 0 bridgehead atoms. The number of aryl methyl sites for hydroxylation is 2. The highest BCUT2D eigenvalue weighted by Crippen LogP contribution is 2.17. The van der Waals surface area contributed by atoms with Gasteiger partial charge in [0, 0.05) is 34.1 Å². The number of hydrogen-bond donors (Lipinski definition) is 1. The second kappa shape index (κ2) is 5.56. The van der Waals surface area contributed by atoms with Gasteiger partial charge in [0.25, 0.3) is 11.5 Å². The Morgan fingerprint density at radius 1 is 1.26 bits per heavy atom. The zero-order chi connectivity index (χ0) is 14.0. The van der Waals surface area contributed by atoms with Gasteiger partial charge in [0.1, 0.15) is 0 Å². The molecule has 19 heavy (non-hydrogen) atoms. The van der Waals surface area contributed by atoms with Gasteiger partial charge in [-0.2, -0.15) is 0 Å². The first kappa shape index (κ1) is 13.8. The van der Waals surface area contributed by atoms with Gasteiger partial charge in [-0.05, 0) is 53.3 Å². The lowest BCUT2D eigenvalue weighted by Gasteiger charge is -2.07. The third kappa shape index (κ3) is 3.23. The molecule has 0 saturated heterocycles. The summed E-state index contributed by atoms with van der Waals surface area (Å²) in [5.74, 6) is -0.280. The topological polar surface area (TPSA) is 51.1 Å². The van der Waals surface area contributed by atoms with Crippen molar-refractivity contribution in [2.75, 3.05) is 5.32 Å². The van der Waals surface area contributed by atoms with Crippen LogP contribution in [0, 0.1) is 10.5 Å². The van der Waals surface area contributed by atoms with Crippen LogP contribution in [-0.4, -0.2) is 10.5 Å². The van der Waals surface area contributed by atoms with E-state index >= 15 is 0 Å². The molecule has 4 nitrogen and oxygen atoms in total. The fourth-order valence-electron chi connectivity index (χ4n) is 1.56. The van der Waals surface area contributed by atoms with E-state index in [1.54, 1.807) is 19.3 Å². The average molecular weight is 368 g/mol. The summed E-state index contributed by atoms with van der Waals surface area (Å²) in [4.78, 5) is 23.5. The molecule has 2 aromatic rings. The number of hydrogen-bond acceptors (Lipinski definition) is 2. The summed E-state index contributed by atoms with van der Waals surface area (Å²) in [6.45, 7) is 2.01. The predicted molar refractivity (Wildman–Crippen MR) is 83.5 cm³/mol. The molecule has 0 unspecified atom stereocenters. The molecule has 1 aromatic carbocycles. The Kier molecular flexibility index (Phi) is 4.04. The van der Waals surface area contributed by atoms with Crippen LogP contribution in [0.1, 0.15) is 15.9 Å². The quantitative estimate of drug-likeness (QED) is 0.829. The van der Waals surface area contributed by atoms with E-state index < -0.39 is 0 Å². The van der Waals surface area contributed by atoms with Gasteiger partial charge in [0.2, 0.25) is 0 Å². The Morgan fingerprint density at radius 2 is 2.00 bits per heavy atom. The number of aromatic nitrogens is 1. The molecule has 5 heteroatoms. The summed E-state index contributed by atoms with van der Waals surface area (Å²) < 4.78 is 2.50. The van der Waals surface area contributed by atoms with E-state index in [-0.39, 0.29) is 11.5 Å². The summed E-state index contributed by atoms with van der Waals surface area (Å²) in [6.07, 6.45) is 1.58. The van der Waals surface area contributed by atoms with Gasteiger partial charge in [0.05, 0.1) is 0 Å². The van der Waals surface area contributed by atoms with E-state index in [9.17, 15) is 9.59 Å². The number of rotatable bonds is 2. The van der Waals surface area contributed by atoms with E-state index in [0.29, 0.717) is 5.56 Å². The van der Waals surface area contributed by atoms with Gasteiger partial charge in [-0.15, -0.1) is 0 Å². The van der Waals surface area contributed by atoms with Crippen molar-refractivity contribution < 1.29 is 4.79 Å². The number of nitrogens with zero attached hydrogens (tertiary/aromatic N) is 1. The maximum Gasteiger partial charge on any atom is 0.255 e. The lowest BCUT2D eigenvalue weighted by Crippen LogP contribution is -2.20. The van der Waals surface area contributed by atoms with Crippen molar-refractivity contribution in [2.24, 2.45) is 7.05 Å². The summed E-state index contributed by atoms with van der Waals surface area (Å²) in [6, 6.07) is 8.64. The molecule has 0 spiro atoms. The first-order valence-electron chi connectivity index (χ1n) is 5.71. The molecule has 0 aliphatic carbocycles. The standard InChI is InChI=1S/C14H13IN2O2/c1-9-3-4-11(8-12(9)15)16-14(19)10-5-6-17(2)13(18)7-10/h3-8H,1-2H3,(H,16,19). The lowest BCUT2D eigenvalue weighted by molar-refractivity contribution is 0.102. The molecule has 0 aliphatic rings. The zero-order valence-corrected chi connectivity index (χ0v) is 12.8. The number of pyridine rings is 1. The van der Waals surface area contributed by atoms with Gasteiger partial charge in [-0.1, -0.05) is 6.07 Å². The number of amides is 1. The van der Waals surface area contributed by atoms with Crippen LogP contribution < -0.4 is 10.9 Å². The van der Waals surface area contributed by atoms with Crippen LogP contribution >= 0.6 is 22.6 Å². The van der Waals surface area contributed by atoms with Crippen LogP contribution in [0.3, 0.4) is 0 Å². The normalized spacial score (nSPS) is 10.3. The Labute approximate surface area is 124 Å². The average Bonchev–Trinajstić information content (AvgIpc) is 2.37. The minimum Gasteiger partial charge on any atom is -0.322 e. The summed E-state index contributed by atoms with van der Waals surface area (Å²) in [5.41, 5.74) is 2.04. The van der Waals surface area contributed by atoms with Crippen LogP contribution in [0.5, 0.6) is 0 Å². The Morgan fingerprint density at radius 3 is 2.63 bits per heavy atom. The molecule has 0 atom stereocenters. The molecule has 98 valence electrons. The highest BCUT2D eigenvalue weighted by atomic mass is 127. The van der Waals surface area contributed by atoms with Crippen LogP contribution in [0.4, 0.5) is 5.69 Å². The predicted octanol–water partition coefficient (Wildman–Crippen LogP) is 2.55. The van der Waals surface area contributed by atoms with E-state index in [4.69, 9.17) is 0 Å². The first-order valence-corrected chi connectivity index (χ1v) is 6.79. The minimum absolute atomic E-state index is 0.203. The monoisotopic (exact) mass is 368 g/mol. The molecule has 0 radical (unpaired) electrons. The smallest absolute Gasteiger partial charge is 0.255 e. The number of nitrogens with one attached hydrogen (secondary N) is 1. The number of halogens is 1.